The third kappa shape index (κ3) is 3.89. The number of rotatable bonds is 5. The van der Waals surface area contributed by atoms with Crippen LogP contribution in [0, 0.1) is 0 Å². The van der Waals surface area contributed by atoms with Crippen LogP contribution in [0.3, 0.4) is 0 Å². The van der Waals surface area contributed by atoms with Gasteiger partial charge in [-0.2, -0.15) is 0 Å². The van der Waals surface area contributed by atoms with Crippen molar-refractivity contribution in [3.8, 4) is 11.5 Å². The molecule has 0 aliphatic carbocycles. The van der Waals surface area contributed by atoms with Crippen molar-refractivity contribution in [3.63, 3.8) is 0 Å². The van der Waals surface area contributed by atoms with Gasteiger partial charge in [-0.25, -0.2) is 0 Å². The lowest BCUT2D eigenvalue weighted by Crippen LogP contribution is -2.35. The summed E-state index contributed by atoms with van der Waals surface area (Å²) in [5.41, 5.74) is 2.41. The van der Waals surface area contributed by atoms with Gasteiger partial charge in [0.15, 0.2) is 16.6 Å². The fraction of sp³-hybridized carbons (Fsp3) is 0.235. The van der Waals surface area contributed by atoms with E-state index in [9.17, 15) is 0 Å². The van der Waals surface area contributed by atoms with Crippen molar-refractivity contribution in [2.75, 3.05) is 13.3 Å². The maximum absolute atomic E-state index is 5.36. The number of thiocarbonyl (C=S) groups is 1. The molecule has 4 nitrogen and oxygen atoms in total. The molecular weight excluding hydrogens is 296 g/mol. The predicted molar refractivity (Wildman–Crippen MR) is 90.2 cm³/mol. The van der Waals surface area contributed by atoms with Gasteiger partial charge in [-0.05, 0) is 41.9 Å². The summed E-state index contributed by atoms with van der Waals surface area (Å²) in [6.45, 7) is 1.77. The maximum Gasteiger partial charge on any atom is 0.231 e. The first-order valence-electron chi connectivity index (χ1n) is 7.25. The number of benzene rings is 2. The van der Waals surface area contributed by atoms with E-state index < -0.39 is 0 Å². The van der Waals surface area contributed by atoms with Crippen LogP contribution in [0.25, 0.3) is 0 Å². The van der Waals surface area contributed by atoms with Crippen LogP contribution in [-0.4, -0.2) is 18.5 Å². The lowest BCUT2D eigenvalue weighted by atomic mass is 10.1. The Labute approximate surface area is 135 Å². The lowest BCUT2D eigenvalue weighted by molar-refractivity contribution is 0.174. The number of fused-ring (bicyclic) bond motifs is 1. The topological polar surface area (TPSA) is 42.5 Å². The zero-order valence-electron chi connectivity index (χ0n) is 12.2. The van der Waals surface area contributed by atoms with Crippen LogP contribution in [0.5, 0.6) is 11.5 Å². The molecular formula is C17H18N2O2S. The molecule has 0 bridgehead atoms. The zero-order valence-corrected chi connectivity index (χ0v) is 13.0. The second kappa shape index (κ2) is 7.13. The van der Waals surface area contributed by atoms with Gasteiger partial charge in [0, 0.05) is 13.1 Å². The molecule has 0 amide bonds. The number of hydrogen-bond acceptors (Lipinski definition) is 3. The average molecular weight is 314 g/mol. The Bertz CT molecular complexity index is 646. The highest BCUT2D eigenvalue weighted by Gasteiger charge is 2.12. The zero-order chi connectivity index (χ0) is 15.2. The molecule has 114 valence electrons. The van der Waals surface area contributed by atoms with Gasteiger partial charge in [0.1, 0.15) is 0 Å². The van der Waals surface area contributed by atoms with Gasteiger partial charge in [0.25, 0.3) is 0 Å². The van der Waals surface area contributed by atoms with Crippen LogP contribution in [0.15, 0.2) is 48.5 Å². The molecule has 2 N–H and O–H groups in total. The fourth-order valence-electron chi connectivity index (χ4n) is 2.26. The largest absolute Gasteiger partial charge is 0.454 e. The van der Waals surface area contributed by atoms with E-state index >= 15 is 0 Å². The van der Waals surface area contributed by atoms with Gasteiger partial charge < -0.3 is 20.1 Å². The molecule has 1 heterocycles. The Balaban J connectivity index is 1.41. The van der Waals surface area contributed by atoms with Crippen molar-refractivity contribution in [1.82, 2.24) is 10.6 Å². The van der Waals surface area contributed by atoms with E-state index in [0.717, 1.165) is 30.0 Å². The van der Waals surface area contributed by atoms with Crippen molar-refractivity contribution in [2.45, 2.75) is 13.0 Å². The second-order valence-corrected chi connectivity index (χ2v) is 5.44. The Morgan fingerprint density at radius 1 is 0.955 bits per heavy atom. The van der Waals surface area contributed by atoms with Crippen LogP contribution in [0.2, 0.25) is 0 Å². The van der Waals surface area contributed by atoms with Crippen molar-refractivity contribution in [3.05, 3.63) is 59.7 Å². The standard InChI is InChI=1S/C17H18N2O2S/c22-17(18-9-8-13-4-2-1-3-5-13)19-11-14-6-7-15-16(10-14)21-12-20-15/h1-7,10H,8-9,11-12H2,(H2,18,19,22). The third-order valence-corrected chi connectivity index (χ3v) is 3.72. The molecule has 3 rings (SSSR count). The van der Waals surface area contributed by atoms with Crippen molar-refractivity contribution in [1.29, 1.82) is 0 Å². The molecule has 0 atom stereocenters. The SMILES string of the molecule is S=C(NCCc1ccccc1)NCc1ccc2c(c1)OCO2. The van der Waals surface area contributed by atoms with Crippen molar-refractivity contribution < 1.29 is 9.47 Å². The number of hydrogen-bond donors (Lipinski definition) is 2. The van der Waals surface area contributed by atoms with Crippen molar-refractivity contribution in [2.24, 2.45) is 0 Å². The molecule has 0 radical (unpaired) electrons. The summed E-state index contributed by atoms with van der Waals surface area (Å²) in [5, 5.41) is 7.08. The minimum atomic E-state index is 0.297. The van der Waals surface area contributed by atoms with Crippen LogP contribution in [0.1, 0.15) is 11.1 Å². The fourth-order valence-corrected chi connectivity index (χ4v) is 2.44. The molecule has 5 heteroatoms. The van der Waals surface area contributed by atoms with Crippen LogP contribution >= 0.6 is 12.2 Å². The number of nitrogens with one attached hydrogen (secondary N) is 2. The monoisotopic (exact) mass is 314 g/mol. The molecule has 0 aromatic heterocycles. The smallest absolute Gasteiger partial charge is 0.231 e. The minimum Gasteiger partial charge on any atom is -0.454 e. The van der Waals surface area contributed by atoms with Gasteiger partial charge in [-0.1, -0.05) is 36.4 Å². The van der Waals surface area contributed by atoms with Gasteiger partial charge >= 0.3 is 0 Å². The molecule has 0 spiro atoms. The Hall–Kier alpha value is -2.27. The summed E-state index contributed by atoms with van der Waals surface area (Å²) in [6, 6.07) is 16.3. The van der Waals surface area contributed by atoms with Gasteiger partial charge in [-0.15, -0.1) is 0 Å². The van der Waals surface area contributed by atoms with E-state index in [1.54, 1.807) is 0 Å². The van der Waals surface area contributed by atoms with Gasteiger partial charge in [0.2, 0.25) is 6.79 Å². The van der Waals surface area contributed by atoms with E-state index in [2.05, 4.69) is 22.8 Å². The van der Waals surface area contributed by atoms with E-state index in [-0.39, 0.29) is 0 Å². The molecule has 0 fully saturated rings. The van der Waals surface area contributed by atoms with Crippen LogP contribution < -0.4 is 20.1 Å². The normalized spacial score (nSPS) is 12.0. The summed E-state index contributed by atoms with van der Waals surface area (Å²) in [7, 11) is 0. The van der Waals surface area contributed by atoms with E-state index in [4.69, 9.17) is 21.7 Å². The highest BCUT2D eigenvalue weighted by atomic mass is 32.1. The summed E-state index contributed by atoms with van der Waals surface area (Å²) in [6.07, 6.45) is 0.951. The molecule has 22 heavy (non-hydrogen) atoms. The first-order valence-corrected chi connectivity index (χ1v) is 7.66. The first-order chi connectivity index (χ1) is 10.8. The third-order valence-electron chi connectivity index (χ3n) is 3.43. The highest BCUT2D eigenvalue weighted by molar-refractivity contribution is 7.80. The quantitative estimate of drug-likeness (QED) is 0.831. The second-order valence-electron chi connectivity index (χ2n) is 5.03. The molecule has 2 aromatic rings. The van der Waals surface area contributed by atoms with Gasteiger partial charge in [-0.3, -0.25) is 0 Å². The summed E-state index contributed by atoms with van der Waals surface area (Å²) in [4.78, 5) is 0. The average Bonchev–Trinajstić information content (AvgIpc) is 3.01. The molecule has 1 aliphatic heterocycles. The lowest BCUT2D eigenvalue weighted by Gasteiger charge is -2.11. The molecule has 0 saturated heterocycles. The van der Waals surface area contributed by atoms with Crippen molar-refractivity contribution >= 4 is 17.3 Å². The molecule has 1 aliphatic rings. The predicted octanol–water partition coefficient (Wildman–Crippen LogP) is 2.62. The van der Waals surface area contributed by atoms with Crippen LogP contribution in [-0.2, 0) is 13.0 Å². The molecule has 0 unspecified atom stereocenters. The maximum atomic E-state index is 5.36. The molecule has 2 aromatic carbocycles. The number of ether oxygens (including phenoxy) is 2. The summed E-state index contributed by atoms with van der Waals surface area (Å²) >= 11 is 5.29. The Kier molecular flexibility index (Phi) is 4.75. The van der Waals surface area contributed by atoms with E-state index in [0.29, 0.717) is 18.5 Å². The highest BCUT2D eigenvalue weighted by Crippen LogP contribution is 2.32. The summed E-state index contributed by atoms with van der Waals surface area (Å²) in [5.74, 6) is 1.59. The van der Waals surface area contributed by atoms with E-state index in [1.165, 1.54) is 5.56 Å². The Morgan fingerprint density at radius 2 is 1.77 bits per heavy atom. The van der Waals surface area contributed by atoms with E-state index in [1.807, 2.05) is 36.4 Å². The first kappa shape index (κ1) is 14.7. The van der Waals surface area contributed by atoms with Gasteiger partial charge in [0.05, 0.1) is 0 Å². The minimum absolute atomic E-state index is 0.297. The Morgan fingerprint density at radius 3 is 2.64 bits per heavy atom. The molecule has 0 saturated carbocycles. The summed E-state index contributed by atoms with van der Waals surface area (Å²) < 4.78 is 10.7. The van der Waals surface area contributed by atoms with Crippen LogP contribution in [0.4, 0.5) is 0 Å².